The highest BCUT2D eigenvalue weighted by Crippen LogP contribution is 2.49. The van der Waals surface area contributed by atoms with Crippen molar-refractivity contribution < 1.29 is 9.53 Å². The molecule has 4 aromatic rings. The normalized spacial score (nSPS) is 14.4. The summed E-state index contributed by atoms with van der Waals surface area (Å²) in [6.07, 6.45) is 3.55. The van der Waals surface area contributed by atoms with Crippen LogP contribution in [-0.4, -0.2) is 28.2 Å². The first-order valence-corrected chi connectivity index (χ1v) is 11.0. The molecule has 0 saturated heterocycles. The average Bonchev–Trinajstić information content (AvgIpc) is 3.43. The Bertz CT molecular complexity index is 1310. The van der Waals surface area contributed by atoms with Crippen LogP contribution < -0.4 is 10.1 Å². The number of ether oxygens (including phenoxy) is 1. The van der Waals surface area contributed by atoms with Gasteiger partial charge in [-0.05, 0) is 68.1 Å². The van der Waals surface area contributed by atoms with E-state index >= 15 is 0 Å². The number of aryl methyl sites for hydroxylation is 2. The molecule has 0 atom stereocenters. The van der Waals surface area contributed by atoms with Crippen molar-refractivity contribution >= 4 is 28.1 Å². The number of amides is 1. The van der Waals surface area contributed by atoms with Crippen LogP contribution in [0, 0.1) is 13.8 Å². The van der Waals surface area contributed by atoms with Crippen LogP contribution >= 0.6 is 11.3 Å². The summed E-state index contributed by atoms with van der Waals surface area (Å²) >= 11 is 1.55. The molecule has 1 aliphatic carbocycles. The van der Waals surface area contributed by atoms with Gasteiger partial charge in [0, 0.05) is 22.7 Å². The molecule has 0 bridgehead atoms. The van der Waals surface area contributed by atoms with E-state index in [0.29, 0.717) is 11.3 Å². The Hall–Kier alpha value is -3.32. The van der Waals surface area contributed by atoms with Crippen molar-refractivity contribution in [2.24, 2.45) is 0 Å². The smallest absolute Gasteiger partial charge is 0.252 e. The predicted octanol–water partition coefficient (Wildman–Crippen LogP) is 4.80. The van der Waals surface area contributed by atoms with Crippen molar-refractivity contribution in [3.8, 4) is 16.3 Å². The summed E-state index contributed by atoms with van der Waals surface area (Å²) < 4.78 is 5.31. The van der Waals surface area contributed by atoms with Gasteiger partial charge in [-0.2, -0.15) is 0 Å². The number of methoxy groups -OCH3 is 1. The molecular weight excluding hydrogens is 408 g/mol. The largest absolute Gasteiger partial charge is 0.497 e. The summed E-state index contributed by atoms with van der Waals surface area (Å²) in [4.78, 5) is 17.8. The van der Waals surface area contributed by atoms with Crippen LogP contribution in [-0.2, 0) is 5.54 Å². The Labute approximate surface area is 184 Å². The molecule has 1 N–H and O–H groups in total. The number of benzene rings is 2. The van der Waals surface area contributed by atoms with Crippen LogP contribution in [0.3, 0.4) is 0 Å². The van der Waals surface area contributed by atoms with Crippen molar-refractivity contribution in [2.45, 2.75) is 32.2 Å². The molecule has 31 heavy (non-hydrogen) atoms. The van der Waals surface area contributed by atoms with E-state index in [4.69, 9.17) is 4.74 Å². The highest BCUT2D eigenvalue weighted by molar-refractivity contribution is 7.14. The van der Waals surface area contributed by atoms with E-state index in [1.165, 1.54) is 0 Å². The van der Waals surface area contributed by atoms with Gasteiger partial charge in [-0.25, -0.2) is 0 Å². The van der Waals surface area contributed by atoms with E-state index in [9.17, 15) is 4.79 Å². The standard InChI is InChI=1S/C24H22N4O2S/c1-14-6-7-17(30-3)13-19(14)22(29)26-24(8-9-24)20-11-16(23-28-27-15(2)31-23)12-21-18(20)5-4-10-25-21/h4-7,10-13H,8-9H2,1-3H3,(H,26,29). The van der Waals surface area contributed by atoms with E-state index in [0.717, 1.165) is 50.5 Å². The third kappa shape index (κ3) is 3.55. The quantitative estimate of drug-likeness (QED) is 0.492. The lowest BCUT2D eigenvalue weighted by molar-refractivity contribution is 0.0930. The summed E-state index contributed by atoms with van der Waals surface area (Å²) in [5.74, 6) is 0.576. The van der Waals surface area contributed by atoms with Gasteiger partial charge < -0.3 is 10.1 Å². The summed E-state index contributed by atoms with van der Waals surface area (Å²) in [7, 11) is 1.61. The number of carbonyl (C=O) groups is 1. The maximum Gasteiger partial charge on any atom is 0.252 e. The molecule has 1 fully saturated rings. The second kappa shape index (κ2) is 7.42. The average molecular weight is 431 g/mol. The zero-order valence-corrected chi connectivity index (χ0v) is 18.4. The molecule has 5 rings (SSSR count). The molecule has 0 aliphatic heterocycles. The highest BCUT2D eigenvalue weighted by Gasteiger charge is 2.47. The van der Waals surface area contributed by atoms with E-state index in [1.54, 1.807) is 30.7 Å². The molecule has 2 aromatic carbocycles. The van der Waals surface area contributed by atoms with E-state index in [2.05, 4.69) is 32.6 Å². The molecule has 1 saturated carbocycles. The van der Waals surface area contributed by atoms with Crippen LogP contribution in [0.5, 0.6) is 5.75 Å². The minimum Gasteiger partial charge on any atom is -0.497 e. The maximum atomic E-state index is 13.3. The molecule has 156 valence electrons. The van der Waals surface area contributed by atoms with Crippen LogP contribution in [0.1, 0.15) is 39.3 Å². The number of pyridine rings is 1. The second-order valence-electron chi connectivity index (χ2n) is 7.94. The molecule has 7 heteroatoms. The summed E-state index contributed by atoms with van der Waals surface area (Å²) in [6, 6.07) is 13.7. The molecule has 0 radical (unpaired) electrons. The molecule has 0 spiro atoms. The van der Waals surface area contributed by atoms with E-state index in [1.807, 2.05) is 38.1 Å². The van der Waals surface area contributed by atoms with Crippen LogP contribution in [0.4, 0.5) is 0 Å². The molecule has 1 aliphatic rings. The molecular formula is C24H22N4O2S. The van der Waals surface area contributed by atoms with Crippen LogP contribution in [0.15, 0.2) is 48.7 Å². The van der Waals surface area contributed by atoms with Crippen LogP contribution in [0.2, 0.25) is 0 Å². The first-order chi connectivity index (χ1) is 15.0. The third-order valence-corrected chi connectivity index (χ3v) is 6.69. The zero-order valence-electron chi connectivity index (χ0n) is 17.6. The first kappa shape index (κ1) is 19.6. The van der Waals surface area contributed by atoms with Gasteiger partial charge in [0.25, 0.3) is 5.91 Å². The molecule has 1 amide bonds. The number of carbonyl (C=O) groups excluding carboxylic acids is 1. The fourth-order valence-corrected chi connectivity index (χ4v) is 4.64. The molecule has 0 unspecified atom stereocenters. The van der Waals surface area contributed by atoms with Gasteiger partial charge in [-0.1, -0.05) is 23.5 Å². The van der Waals surface area contributed by atoms with Crippen LogP contribution in [0.25, 0.3) is 21.5 Å². The van der Waals surface area contributed by atoms with Gasteiger partial charge >= 0.3 is 0 Å². The second-order valence-corrected chi connectivity index (χ2v) is 9.12. The summed E-state index contributed by atoms with van der Waals surface area (Å²) in [5, 5.41) is 14.6. The topological polar surface area (TPSA) is 77.0 Å². The number of hydrogen-bond donors (Lipinski definition) is 1. The van der Waals surface area contributed by atoms with Gasteiger partial charge in [-0.15, -0.1) is 10.2 Å². The van der Waals surface area contributed by atoms with E-state index in [-0.39, 0.29) is 5.91 Å². The van der Waals surface area contributed by atoms with Crippen molar-refractivity contribution in [3.05, 3.63) is 70.4 Å². The maximum absolute atomic E-state index is 13.3. The minimum absolute atomic E-state index is 0.0943. The number of aromatic nitrogens is 3. The van der Waals surface area contributed by atoms with Gasteiger partial charge in [0.05, 0.1) is 18.2 Å². The lowest BCUT2D eigenvalue weighted by atomic mass is 9.96. The number of nitrogens with zero attached hydrogens (tertiary/aromatic N) is 3. The lowest BCUT2D eigenvalue weighted by Crippen LogP contribution is -2.35. The van der Waals surface area contributed by atoms with Gasteiger partial charge in [0.15, 0.2) is 0 Å². The fraction of sp³-hybridized carbons (Fsp3) is 0.250. The molecule has 6 nitrogen and oxygen atoms in total. The SMILES string of the molecule is COc1ccc(C)c(C(=O)NC2(c3cc(-c4nnc(C)s4)cc4ncccc34)CC2)c1. The van der Waals surface area contributed by atoms with Gasteiger partial charge in [0.2, 0.25) is 0 Å². The Morgan fingerprint density at radius 2 is 1.97 bits per heavy atom. The Morgan fingerprint density at radius 3 is 2.68 bits per heavy atom. The predicted molar refractivity (Wildman–Crippen MR) is 121 cm³/mol. The number of rotatable bonds is 5. The third-order valence-electron chi connectivity index (χ3n) is 5.80. The fourth-order valence-electron chi connectivity index (χ4n) is 3.96. The van der Waals surface area contributed by atoms with Crippen molar-refractivity contribution in [3.63, 3.8) is 0 Å². The number of hydrogen-bond acceptors (Lipinski definition) is 6. The lowest BCUT2D eigenvalue weighted by Gasteiger charge is -2.21. The van der Waals surface area contributed by atoms with Gasteiger partial charge in [-0.3, -0.25) is 9.78 Å². The zero-order chi connectivity index (χ0) is 21.6. The van der Waals surface area contributed by atoms with Crippen molar-refractivity contribution in [1.82, 2.24) is 20.5 Å². The van der Waals surface area contributed by atoms with Gasteiger partial charge in [0.1, 0.15) is 15.8 Å². The molecule has 2 aromatic heterocycles. The first-order valence-electron chi connectivity index (χ1n) is 10.2. The summed E-state index contributed by atoms with van der Waals surface area (Å²) in [6.45, 7) is 3.88. The van der Waals surface area contributed by atoms with Crippen molar-refractivity contribution in [1.29, 1.82) is 0 Å². The monoisotopic (exact) mass is 430 g/mol. The summed E-state index contributed by atoms with van der Waals surface area (Å²) in [5.41, 5.74) is 4.08. The Kier molecular flexibility index (Phi) is 4.70. The van der Waals surface area contributed by atoms with Crippen molar-refractivity contribution in [2.75, 3.05) is 7.11 Å². The number of fused-ring (bicyclic) bond motifs is 1. The minimum atomic E-state index is -0.413. The Morgan fingerprint density at radius 1 is 1.13 bits per heavy atom. The highest BCUT2D eigenvalue weighted by atomic mass is 32.1. The number of nitrogens with one attached hydrogen (secondary N) is 1. The molecule has 2 heterocycles. The van der Waals surface area contributed by atoms with E-state index < -0.39 is 5.54 Å². The Balaban J connectivity index is 1.58.